The van der Waals surface area contributed by atoms with E-state index < -0.39 is 0 Å². The Morgan fingerprint density at radius 2 is 2.00 bits per heavy atom. The molecular weight excluding hydrogens is 398 g/mol. The number of methoxy groups -OCH3 is 1. The van der Waals surface area contributed by atoms with Gasteiger partial charge in [0, 0.05) is 42.7 Å². The highest BCUT2D eigenvalue weighted by molar-refractivity contribution is 5.93. The van der Waals surface area contributed by atoms with Crippen LogP contribution in [0.25, 0.3) is 5.52 Å². The summed E-state index contributed by atoms with van der Waals surface area (Å²) >= 11 is 0. The summed E-state index contributed by atoms with van der Waals surface area (Å²) in [5.74, 6) is 0.420. The number of nitrogens with zero attached hydrogens (tertiary/aromatic N) is 3. The van der Waals surface area contributed by atoms with Crippen molar-refractivity contribution >= 4 is 17.3 Å². The van der Waals surface area contributed by atoms with Gasteiger partial charge in [-0.2, -0.15) is 5.10 Å². The first kappa shape index (κ1) is 20.6. The van der Waals surface area contributed by atoms with Crippen molar-refractivity contribution in [3.05, 3.63) is 63.8 Å². The molecule has 4 rings (SSSR count). The fraction of sp³-hybridized carbons (Fsp3) is 0.364. The van der Waals surface area contributed by atoms with E-state index in [0.29, 0.717) is 42.9 Å². The third-order valence-corrected chi connectivity index (χ3v) is 5.50. The van der Waals surface area contributed by atoms with E-state index in [1.165, 1.54) is 10.6 Å². The molecule has 2 N–H and O–H groups in total. The molecule has 1 saturated heterocycles. The lowest BCUT2D eigenvalue weighted by molar-refractivity contribution is -0.121. The lowest BCUT2D eigenvalue weighted by Crippen LogP contribution is -2.47. The van der Waals surface area contributed by atoms with Crippen molar-refractivity contribution in [2.45, 2.75) is 32.2 Å². The zero-order valence-corrected chi connectivity index (χ0v) is 17.6. The molecule has 2 aromatic heterocycles. The Kier molecular flexibility index (Phi) is 5.75. The number of rotatable bonds is 5. The lowest BCUT2D eigenvalue weighted by atomic mass is 10.0. The Bertz CT molecular complexity index is 1170. The minimum Gasteiger partial charge on any atom is -0.496 e. The van der Waals surface area contributed by atoms with Crippen LogP contribution in [0, 0.1) is 6.92 Å². The minimum absolute atomic E-state index is 0.0119. The van der Waals surface area contributed by atoms with E-state index in [9.17, 15) is 14.4 Å². The van der Waals surface area contributed by atoms with Crippen LogP contribution in [0.3, 0.4) is 0 Å². The van der Waals surface area contributed by atoms with Crippen molar-refractivity contribution in [2.75, 3.05) is 20.2 Å². The van der Waals surface area contributed by atoms with Gasteiger partial charge in [-0.3, -0.25) is 14.4 Å². The second kappa shape index (κ2) is 8.63. The highest BCUT2D eigenvalue weighted by Crippen LogP contribution is 2.19. The molecule has 31 heavy (non-hydrogen) atoms. The first-order valence-corrected chi connectivity index (χ1v) is 10.2. The van der Waals surface area contributed by atoms with E-state index in [0.717, 1.165) is 5.56 Å². The highest BCUT2D eigenvalue weighted by Gasteiger charge is 2.26. The number of benzene rings is 1. The molecule has 9 nitrogen and oxygen atoms in total. The van der Waals surface area contributed by atoms with Crippen molar-refractivity contribution in [1.29, 1.82) is 0 Å². The third kappa shape index (κ3) is 4.45. The lowest BCUT2D eigenvalue weighted by Gasteiger charge is -2.32. The Morgan fingerprint density at radius 1 is 1.26 bits per heavy atom. The van der Waals surface area contributed by atoms with Crippen LogP contribution in [0.4, 0.5) is 0 Å². The standard InChI is InChI=1S/C22H25N5O4/c1-14-13-27-18(21(29)23-14)12-17(25-27)22(30)26-9-7-16(8-10-26)24-20(28)11-15-5-3-4-6-19(15)31-2/h3-6,12-13,16H,7-11H2,1-2H3,(H,23,29)(H,24,28). The average molecular weight is 423 g/mol. The predicted octanol–water partition coefficient (Wildman–Crippen LogP) is 1.30. The molecule has 2 amide bonds. The first-order valence-electron chi connectivity index (χ1n) is 10.2. The molecule has 0 radical (unpaired) electrons. The van der Waals surface area contributed by atoms with Crippen molar-refractivity contribution in [2.24, 2.45) is 0 Å². The summed E-state index contributed by atoms with van der Waals surface area (Å²) in [6, 6.07) is 8.99. The molecule has 162 valence electrons. The number of likely N-dealkylation sites (tertiary alicyclic amines) is 1. The van der Waals surface area contributed by atoms with Gasteiger partial charge in [-0.25, -0.2) is 4.52 Å². The number of carbonyl (C=O) groups is 2. The Labute approximate surface area is 179 Å². The van der Waals surface area contributed by atoms with Crippen molar-refractivity contribution in [1.82, 2.24) is 24.8 Å². The van der Waals surface area contributed by atoms with E-state index >= 15 is 0 Å². The van der Waals surface area contributed by atoms with Gasteiger partial charge in [-0.05, 0) is 25.8 Å². The van der Waals surface area contributed by atoms with Gasteiger partial charge in [-0.15, -0.1) is 0 Å². The second-order valence-corrected chi connectivity index (χ2v) is 7.75. The Morgan fingerprint density at radius 3 is 2.74 bits per heavy atom. The molecule has 0 aliphatic carbocycles. The number of ether oxygens (including phenoxy) is 1. The highest BCUT2D eigenvalue weighted by atomic mass is 16.5. The second-order valence-electron chi connectivity index (χ2n) is 7.75. The molecular formula is C22H25N5O4. The van der Waals surface area contributed by atoms with E-state index in [1.54, 1.807) is 25.1 Å². The fourth-order valence-corrected chi connectivity index (χ4v) is 3.92. The van der Waals surface area contributed by atoms with Gasteiger partial charge in [0.1, 0.15) is 11.3 Å². The van der Waals surface area contributed by atoms with E-state index in [1.807, 2.05) is 24.3 Å². The molecule has 1 aliphatic heterocycles. The number of hydrogen-bond donors (Lipinski definition) is 2. The minimum atomic E-state index is -0.275. The normalized spacial score (nSPS) is 14.6. The molecule has 1 fully saturated rings. The van der Waals surface area contributed by atoms with Gasteiger partial charge in [-0.1, -0.05) is 18.2 Å². The number of H-pyrrole nitrogens is 1. The van der Waals surface area contributed by atoms with Crippen LogP contribution < -0.4 is 15.6 Å². The van der Waals surface area contributed by atoms with Crippen LogP contribution in [0.15, 0.2) is 41.3 Å². The topological polar surface area (TPSA) is 109 Å². The largest absolute Gasteiger partial charge is 0.496 e. The van der Waals surface area contributed by atoms with Crippen LogP contribution in [-0.2, 0) is 11.2 Å². The van der Waals surface area contributed by atoms with Gasteiger partial charge in [0.2, 0.25) is 5.91 Å². The molecule has 0 bridgehead atoms. The van der Waals surface area contributed by atoms with E-state index in [4.69, 9.17) is 4.74 Å². The average Bonchev–Trinajstić information content (AvgIpc) is 3.18. The number of amides is 2. The van der Waals surface area contributed by atoms with E-state index in [-0.39, 0.29) is 35.5 Å². The summed E-state index contributed by atoms with van der Waals surface area (Å²) in [5.41, 5.74) is 1.82. The summed E-state index contributed by atoms with van der Waals surface area (Å²) < 4.78 is 6.74. The van der Waals surface area contributed by atoms with Crippen LogP contribution in [0.2, 0.25) is 0 Å². The summed E-state index contributed by atoms with van der Waals surface area (Å²) in [7, 11) is 1.59. The van der Waals surface area contributed by atoms with Gasteiger partial charge >= 0.3 is 0 Å². The van der Waals surface area contributed by atoms with Crippen LogP contribution in [-0.4, -0.2) is 57.6 Å². The summed E-state index contributed by atoms with van der Waals surface area (Å²) in [6.45, 7) is 2.79. The van der Waals surface area contributed by atoms with Gasteiger partial charge in [0.25, 0.3) is 11.5 Å². The number of para-hydroxylation sites is 1. The first-order chi connectivity index (χ1) is 14.9. The van der Waals surface area contributed by atoms with Gasteiger partial charge in [0.05, 0.1) is 13.5 Å². The molecule has 0 saturated carbocycles. The monoisotopic (exact) mass is 423 g/mol. The maximum Gasteiger partial charge on any atom is 0.274 e. The molecule has 0 spiro atoms. The molecule has 1 aliphatic rings. The summed E-state index contributed by atoms with van der Waals surface area (Å²) in [5, 5.41) is 7.32. The van der Waals surface area contributed by atoms with Crippen molar-refractivity contribution in [3.8, 4) is 5.75 Å². The number of fused-ring (bicyclic) bond motifs is 1. The maximum atomic E-state index is 12.8. The van der Waals surface area contributed by atoms with Crippen molar-refractivity contribution < 1.29 is 14.3 Å². The number of hydrogen-bond acceptors (Lipinski definition) is 5. The number of nitrogens with one attached hydrogen (secondary N) is 2. The molecule has 3 aromatic rings. The number of piperidine rings is 1. The molecule has 0 atom stereocenters. The van der Waals surface area contributed by atoms with Crippen LogP contribution in [0.5, 0.6) is 5.75 Å². The van der Waals surface area contributed by atoms with Crippen molar-refractivity contribution in [3.63, 3.8) is 0 Å². The predicted molar refractivity (Wildman–Crippen MR) is 114 cm³/mol. The zero-order chi connectivity index (χ0) is 22.0. The molecule has 1 aromatic carbocycles. The number of aromatic nitrogens is 3. The Hall–Kier alpha value is -3.62. The zero-order valence-electron chi connectivity index (χ0n) is 17.6. The number of aryl methyl sites for hydroxylation is 1. The maximum absolute atomic E-state index is 12.8. The van der Waals surface area contributed by atoms with Gasteiger partial charge in [0.15, 0.2) is 5.69 Å². The number of aromatic amines is 1. The molecule has 9 heteroatoms. The number of carbonyl (C=O) groups excluding carboxylic acids is 2. The SMILES string of the molecule is COc1ccccc1CC(=O)NC1CCN(C(=O)c2cc3c(=O)[nH]c(C)cn3n2)CC1. The third-order valence-electron chi connectivity index (χ3n) is 5.50. The van der Waals surface area contributed by atoms with E-state index in [2.05, 4.69) is 15.4 Å². The van der Waals surface area contributed by atoms with Gasteiger partial charge < -0.3 is 19.9 Å². The van der Waals surface area contributed by atoms with Crippen LogP contribution >= 0.6 is 0 Å². The quantitative estimate of drug-likeness (QED) is 0.643. The Balaban J connectivity index is 1.34. The smallest absolute Gasteiger partial charge is 0.274 e. The molecule has 0 unspecified atom stereocenters. The summed E-state index contributed by atoms with van der Waals surface area (Å²) in [6.07, 6.45) is 3.25. The molecule has 3 heterocycles. The summed E-state index contributed by atoms with van der Waals surface area (Å²) in [4.78, 5) is 41.8. The fourth-order valence-electron chi connectivity index (χ4n) is 3.92. The van der Waals surface area contributed by atoms with Crippen LogP contribution in [0.1, 0.15) is 34.6 Å².